The van der Waals surface area contributed by atoms with Gasteiger partial charge >= 0.3 is 0 Å². The van der Waals surface area contributed by atoms with Crippen molar-refractivity contribution in [3.05, 3.63) is 77.7 Å². The predicted molar refractivity (Wildman–Crippen MR) is 106 cm³/mol. The molecule has 0 aliphatic rings. The first-order valence-corrected chi connectivity index (χ1v) is 8.88. The van der Waals surface area contributed by atoms with Crippen LogP contribution >= 0.6 is 11.3 Å². The van der Waals surface area contributed by atoms with Crippen molar-refractivity contribution in [2.45, 2.75) is 26.2 Å². The molecule has 24 heavy (non-hydrogen) atoms. The van der Waals surface area contributed by atoms with Gasteiger partial charge in [0, 0.05) is 15.1 Å². The van der Waals surface area contributed by atoms with Gasteiger partial charge in [0.05, 0.1) is 0 Å². The molecule has 1 aromatic heterocycles. The van der Waals surface area contributed by atoms with E-state index in [0.717, 1.165) is 29.3 Å². The van der Waals surface area contributed by atoms with E-state index >= 15 is 0 Å². The number of hydrogen-bond acceptors (Lipinski definition) is 2. The van der Waals surface area contributed by atoms with E-state index in [1.54, 1.807) is 17.4 Å². The maximum absolute atomic E-state index is 11.3. The molecule has 1 heterocycles. The third-order valence-electron chi connectivity index (χ3n) is 3.67. The Balaban J connectivity index is 2.03. The molecule has 1 aromatic carbocycles. The van der Waals surface area contributed by atoms with E-state index in [1.165, 1.54) is 10.5 Å². The number of benzene rings is 1. The molecule has 124 valence electrons. The van der Waals surface area contributed by atoms with Gasteiger partial charge in [0.1, 0.15) is 0 Å². The number of carbonyl (C=O) groups excluding carboxylic acids is 1. The standard InChI is InChI=1S/C21H23NOS/c1-3-4-5-6-7-8-9-10-11-16(2)20-15-18-14-17(21(22)23)12-13-19(18)24-20/h3,7-15H,1,4-6H2,2H3,(H2,22,23)/b8-7+,10-9+,16-11-. The summed E-state index contributed by atoms with van der Waals surface area (Å²) in [4.78, 5) is 12.5. The molecule has 0 saturated carbocycles. The minimum atomic E-state index is -0.389. The highest BCUT2D eigenvalue weighted by Crippen LogP contribution is 2.31. The van der Waals surface area contributed by atoms with Gasteiger partial charge in [0.2, 0.25) is 5.91 Å². The Kier molecular flexibility index (Phi) is 6.76. The molecule has 0 spiro atoms. The predicted octanol–water partition coefficient (Wildman–Crippen LogP) is 5.87. The molecule has 2 rings (SSSR count). The third-order valence-corrected chi connectivity index (χ3v) is 4.92. The number of fused-ring (bicyclic) bond motifs is 1. The second-order valence-electron chi connectivity index (χ2n) is 5.61. The van der Waals surface area contributed by atoms with Crippen molar-refractivity contribution in [2.24, 2.45) is 5.73 Å². The van der Waals surface area contributed by atoms with E-state index in [-0.39, 0.29) is 5.91 Å². The monoisotopic (exact) mass is 337 g/mol. The number of nitrogens with two attached hydrogens (primary N) is 1. The van der Waals surface area contributed by atoms with Gasteiger partial charge < -0.3 is 5.73 Å². The molecule has 0 aliphatic carbocycles. The van der Waals surface area contributed by atoms with Gasteiger partial charge in [0.15, 0.2) is 0 Å². The lowest BCUT2D eigenvalue weighted by molar-refractivity contribution is 0.100. The van der Waals surface area contributed by atoms with Crippen LogP contribution in [0.1, 0.15) is 41.4 Å². The summed E-state index contributed by atoms with van der Waals surface area (Å²) in [6, 6.07) is 7.70. The summed E-state index contributed by atoms with van der Waals surface area (Å²) in [5.74, 6) is -0.389. The zero-order valence-corrected chi connectivity index (χ0v) is 14.8. The molecule has 0 saturated heterocycles. The van der Waals surface area contributed by atoms with Crippen LogP contribution in [-0.4, -0.2) is 5.91 Å². The average molecular weight is 337 g/mol. The molecule has 2 N–H and O–H groups in total. The Bertz CT molecular complexity index is 808. The molecular formula is C21H23NOS. The van der Waals surface area contributed by atoms with Crippen molar-refractivity contribution >= 4 is 32.9 Å². The smallest absolute Gasteiger partial charge is 0.248 e. The van der Waals surface area contributed by atoms with E-state index in [9.17, 15) is 4.79 Å². The number of carbonyl (C=O) groups is 1. The van der Waals surface area contributed by atoms with Gasteiger partial charge in [-0.05, 0) is 61.4 Å². The SMILES string of the molecule is C=CCCC/C=C/C=C/C=C(/C)c1cc2cc(C(N)=O)ccc2s1. The van der Waals surface area contributed by atoms with E-state index in [1.807, 2.05) is 18.2 Å². The van der Waals surface area contributed by atoms with Crippen molar-refractivity contribution in [1.29, 1.82) is 0 Å². The molecule has 0 atom stereocenters. The maximum Gasteiger partial charge on any atom is 0.248 e. The molecule has 0 aliphatic heterocycles. The molecule has 3 heteroatoms. The Labute approximate surface area is 147 Å². The summed E-state index contributed by atoms with van der Waals surface area (Å²) in [6.45, 7) is 5.81. The lowest BCUT2D eigenvalue weighted by Crippen LogP contribution is -2.10. The number of unbranched alkanes of at least 4 members (excludes halogenated alkanes) is 2. The van der Waals surface area contributed by atoms with Crippen LogP contribution in [0.25, 0.3) is 15.7 Å². The van der Waals surface area contributed by atoms with Crippen LogP contribution in [0.2, 0.25) is 0 Å². The molecular weight excluding hydrogens is 314 g/mol. The van der Waals surface area contributed by atoms with Gasteiger partial charge in [-0.2, -0.15) is 0 Å². The van der Waals surface area contributed by atoms with Crippen LogP contribution in [-0.2, 0) is 0 Å². The topological polar surface area (TPSA) is 43.1 Å². The number of amides is 1. The fourth-order valence-corrected chi connectivity index (χ4v) is 3.32. The second-order valence-corrected chi connectivity index (χ2v) is 6.69. The van der Waals surface area contributed by atoms with Crippen LogP contribution in [0.3, 0.4) is 0 Å². The zero-order valence-electron chi connectivity index (χ0n) is 14.0. The zero-order chi connectivity index (χ0) is 17.4. The summed E-state index contributed by atoms with van der Waals surface area (Å²) in [5.41, 5.74) is 7.09. The van der Waals surface area contributed by atoms with Crippen molar-refractivity contribution in [3.63, 3.8) is 0 Å². The lowest BCUT2D eigenvalue weighted by Gasteiger charge is -1.93. The van der Waals surface area contributed by atoms with E-state index < -0.39 is 0 Å². The van der Waals surface area contributed by atoms with E-state index in [2.05, 4.69) is 49.9 Å². The van der Waals surface area contributed by atoms with Gasteiger partial charge in [-0.25, -0.2) is 0 Å². The fourth-order valence-electron chi connectivity index (χ4n) is 2.29. The summed E-state index contributed by atoms with van der Waals surface area (Å²) in [5, 5.41) is 1.06. The van der Waals surface area contributed by atoms with Crippen LogP contribution in [0, 0.1) is 0 Å². The molecule has 0 fully saturated rings. The maximum atomic E-state index is 11.3. The second kappa shape index (κ2) is 9.04. The molecule has 2 aromatic rings. The van der Waals surface area contributed by atoms with Crippen molar-refractivity contribution < 1.29 is 4.79 Å². The number of hydrogen-bond donors (Lipinski definition) is 1. The van der Waals surface area contributed by atoms with Crippen molar-refractivity contribution in [1.82, 2.24) is 0 Å². The highest BCUT2D eigenvalue weighted by Gasteiger charge is 2.06. The van der Waals surface area contributed by atoms with Crippen molar-refractivity contribution in [3.8, 4) is 0 Å². The van der Waals surface area contributed by atoms with Crippen LogP contribution in [0.15, 0.2) is 67.3 Å². The average Bonchev–Trinajstić information content (AvgIpc) is 3.00. The molecule has 0 unspecified atom stereocenters. The first-order chi connectivity index (χ1) is 11.6. The lowest BCUT2D eigenvalue weighted by atomic mass is 10.1. The van der Waals surface area contributed by atoms with Crippen LogP contribution < -0.4 is 5.73 Å². The molecule has 0 bridgehead atoms. The number of primary amides is 1. The summed E-state index contributed by atoms with van der Waals surface area (Å²) in [7, 11) is 0. The van der Waals surface area contributed by atoms with Gasteiger partial charge in [-0.1, -0.05) is 36.5 Å². The Hall–Kier alpha value is -2.39. The van der Waals surface area contributed by atoms with Crippen LogP contribution in [0.5, 0.6) is 0 Å². The highest BCUT2D eigenvalue weighted by atomic mass is 32.1. The van der Waals surface area contributed by atoms with Gasteiger partial charge in [0.25, 0.3) is 0 Å². The first kappa shape index (κ1) is 18.0. The summed E-state index contributed by atoms with van der Waals surface area (Å²) < 4.78 is 1.16. The van der Waals surface area contributed by atoms with Gasteiger partial charge in [-0.3, -0.25) is 4.79 Å². The minimum absolute atomic E-state index is 0.389. The van der Waals surface area contributed by atoms with E-state index in [0.29, 0.717) is 5.56 Å². The Morgan fingerprint density at radius 1 is 1.21 bits per heavy atom. The highest BCUT2D eigenvalue weighted by molar-refractivity contribution is 7.20. The molecule has 0 radical (unpaired) electrons. The first-order valence-electron chi connectivity index (χ1n) is 8.06. The molecule has 1 amide bonds. The summed E-state index contributed by atoms with van der Waals surface area (Å²) >= 11 is 1.72. The van der Waals surface area contributed by atoms with E-state index in [4.69, 9.17) is 5.73 Å². The quantitative estimate of drug-likeness (QED) is 0.365. The normalized spacial score (nSPS) is 12.5. The van der Waals surface area contributed by atoms with Crippen LogP contribution in [0.4, 0.5) is 0 Å². The minimum Gasteiger partial charge on any atom is -0.366 e. The fraction of sp³-hybridized carbons (Fsp3) is 0.190. The Morgan fingerprint density at radius 2 is 2.04 bits per heavy atom. The van der Waals surface area contributed by atoms with Crippen molar-refractivity contribution in [2.75, 3.05) is 0 Å². The molecule has 2 nitrogen and oxygen atoms in total. The Morgan fingerprint density at radius 3 is 2.79 bits per heavy atom. The number of allylic oxidation sites excluding steroid dienone is 7. The number of thiophene rings is 1. The largest absolute Gasteiger partial charge is 0.366 e. The summed E-state index contributed by atoms with van der Waals surface area (Å²) in [6.07, 6.45) is 15.7. The number of rotatable bonds is 8. The third kappa shape index (κ3) is 5.07. The van der Waals surface area contributed by atoms with Gasteiger partial charge in [-0.15, -0.1) is 17.9 Å².